The molecule has 1 atom stereocenters. The Morgan fingerprint density at radius 1 is 1.00 bits per heavy atom. The molecule has 0 amide bonds. The predicted octanol–water partition coefficient (Wildman–Crippen LogP) is 6.25. The lowest BCUT2D eigenvalue weighted by molar-refractivity contribution is 0.717. The van der Waals surface area contributed by atoms with Gasteiger partial charge in [0.2, 0.25) is 0 Å². The molecule has 112 valence electrons. The zero-order valence-corrected chi connectivity index (χ0v) is 13.7. The number of hydrogen-bond donors (Lipinski definition) is 1. The molecule has 0 heterocycles. The van der Waals surface area contributed by atoms with E-state index in [1.165, 1.54) is 31.2 Å². The third-order valence-corrected chi connectivity index (χ3v) is 4.12. The first-order chi connectivity index (χ1) is 10.2. The fraction of sp³-hybridized carbons (Fsp3) is 0.368. The summed E-state index contributed by atoms with van der Waals surface area (Å²) in [5.74, 6) is 0. The van der Waals surface area contributed by atoms with Gasteiger partial charge in [0.25, 0.3) is 0 Å². The Morgan fingerprint density at radius 2 is 1.71 bits per heavy atom. The fourth-order valence-corrected chi connectivity index (χ4v) is 2.80. The predicted molar refractivity (Wildman–Crippen MR) is 93.2 cm³/mol. The zero-order valence-electron chi connectivity index (χ0n) is 12.9. The molecule has 1 nitrogen and oxygen atoms in total. The number of anilines is 1. The van der Waals surface area contributed by atoms with Crippen LogP contribution in [0, 0.1) is 0 Å². The number of hydrogen-bond acceptors (Lipinski definition) is 1. The van der Waals surface area contributed by atoms with Gasteiger partial charge in [0, 0.05) is 16.8 Å². The first-order valence-corrected chi connectivity index (χ1v) is 8.18. The highest BCUT2D eigenvalue weighted by Gasteiger charge is 2.08. The summed E-state index contributed by atoms with van der Waals surface area (Å²) in [6, 6.07) is 17.0. The van der Waals surface area contributed by atoms with Gasteiger partial charge in [-0.05, 0) is 49.1 Å². The molecule has 0 aliphatic rings. The van der Waals surface area contributed by atoms with Crippen molar-refractivity contribution in [1.29, 1.82) is 0 Å². The van der Waals surface area contributed by atoms with Gasteiger partial charge in [-0.1, -0.05) is 61.7 Å². The van der Waals surface area contributed by atoms with Crippen molar-refractivity contribution >= 4 is 17.3 Å². The van der Waals surface area contributed by atoms with Crippen LogP contribution in [0.4, 0.5) is 5.69 Å². The van der Waals surface area contributed by atoms with Crippen molar-refractivity contribution < 1.29 is 0 Å². The zero-order chi connectivity index (χ0) is 15.1. The number of unbranched alkanes of at least 4 members (excludes halogenated alkanes) is 2. The van der Waals surface area contributed by atoms with Crippen molar-refractivity contribution in [2.45, 2.75) is 45.6 Å². The normalized spacial score (nSPS) is 12.1. The molecule has 1 N–H and O–H groups in total. The highest BCUT2D eigenvalue weighted by Crippen LogP contribution is 2.25. The molecule has 0 aliphatic heterocycles. The number of halogens is 1. The Balaban J connectivity index is 1.95. The second-order valence-corrected chi connectivity index (χ2v) is 5.95. The Morgan fingerprint density at radius 3 is 2.38 bits per heavy atom. The molecular formula is C19H24ClN. The van der Waals surface area contributed by atoms with Crippen molar-refractivity contribution in [2.24, 2.45) is 0 Å². The average Bonchev–Trinajstić information content (AvgIpc) is 2.49. The first kappa shape index (κ1) is 15.9. The summed E-state index contributed by atoms with van der Waals surface area (Å²) in [5.41, 5.74) is 3.69. The minimum Gasteiger partial charge on any atom is -0.378 e. The molecule has 2 heteroatoms. The lowest BCUT2D eigenvalue weighted by Crippen LogP contribution is -2.07. The largest absolute Gasteiger partial charge is 0.378 e. The molecule has 2 rings (SSSR count). The second-order valence-electron chi connectivity index (χ2n) is 5.54. The molecule has 2 aromatic carbocycles. The molecule has 21 heavy (non-hydrogen) atoms. The number of aryl methyl sites for hydroxylation is 1. The summed E-state index contributed by atoms with van der Waals surface area (Å²) in [6.07, 6.45) is 5.03. The fourth-order valence-electron chi connectivity index (χ4n) is 2.50. The van der Waals surface area contributed by atoms with E-state index < -0.39 is 0 Å². The summed E-state index contributed by atoms with van der Waals surface area (Å²) < 4.78 is 0. The Kier molecular flexibility index (Phi) is 6.13. The lowest BCUT2D eigenvalue weighted by atomic mass is 10.1. The van der Waals surface area contributed by atoms with Gasteiger partial charge in [0.1, 0.15) is 0 Å². The summed E-state index contributed by atoms with van der Waals surface area (Å²) in [4.78, 5) is 0. The SMILES string of the molecule is CCCCCc1ccc(NC(C)c2ccccc2Cl)cc1. The molecule has 0 aromatic heterocycles. The van der Waals surface area contributed by atoms with Crippen molar-refractivity contribution in [3.63, 3.8) is 0 Å². The van der Waals surface area contributed by atoms with Gasteiger partial charge in [-0.2, -0.15) is 0 Å². The van der Waals surface area contributed by atoms with E-state index in [2.05, 4.69) is 49.5 Å². The van der Waals surface area contributed by atoms with E-state index in [0.29, 0.717) is 0 Å². The van der Waals surface area contributed by atoms with E-state index in [-0.39, 0.29) is 6.04 Å². The first-order valence-electron chi connectivity index (χ1n) is 7.80. The van der Waals surface area contributed by atoms with Crippen LogP contribution in [0.2, 0.25) is 5.02 Å². The van der Waals surface area contributed by atoms with Crippen molar-refractivity contribution in [1.82, 2.24) is 0 Å². The standard InChI is InChI=1S/C19H24ClN/c1-3-4-5-8-16-11-13-17(14-12-16)21-15(2)18-9-6-7-10-19(18)20/h6-7,9-15,21H,3-5,8H2,1-2H3. The van der Waals surface area contributed by atoms with Gasteiger partial charge < -0.3 is 5.32 Å². The molecule has 2 aromatic rings. The third-order valence-electron chi connectivity index (χ3n) is 3.78. The third kappa shape index (κ3) is 4.78. The van der Waals surface area contributed by atoms with Crippen molar-refractivity contribution in [3.05, 3.63) is 64.7 Å². The molecule has 0 aliphatic carbocycles. The maximum Gasteiger partial charge on any atom is 0.0500 e. The summed E-state index contributed by atoms with van der Waals surface area (Å²) >= 11 is 6.24. The van der Waals surface area contributed by atoms with Gasteiger partial charge in [-0.3, -0.25) is 0 Å². The molecule has 0 saturated carbocycles. The summed E-state index contributed by atoms with van der Waals surface area (Å²) in [6.45, 7) is 4.37. The van der Waals surface area contributed by atoms with Crippen LogP contribution < -0.4 is 5.32 Å². The number of benzene rings is 2. The Hall–Kier alpha value is -1.47. The van der Waals surface area contributed by atoms with E-state index in [9.17, 15) is 0 Å². The van der Waals surface area contributed by atoms with Crippen LogP contribution in [0.3, 0.4) is 0 Å². The monoisotopic (exact) mass is 301 g/mol. The van der Waals surface area contributed by atoms with Crippen molar-refractivity contribution in [2.75, 3.05) is 5.32 Å². The molecule has 1 unspecified atom stereocenters. The van der Waals surface area contributed by atoms with Gasteiger partial charge in [-0.15, -0.1) is 0 Å². The highest BCUT2D eigenvalue weighted by atomic mass is 35.5. The molecule has 0 radical (unpaired) electrons. The smallest absolute Gasteiger partial charge is 0.0500 e. The van der Waals surface area contributed by atoms with E-state index >= 15 is 0 Å². The molecule has 0 spiro atoms. The number of rotatable bonds is 7. The maximum absolute atomic E-state index is 6.24. The van der Waals surface area contributed by atoms with Gasteiger partial charge >= 0.3 is 0 Å². The van der Waals surface area contributed by atoms with Crippen LogP contribution in [0.1, 0.15) is 50.3 Å². The quantitative estimate of drug-likeness (QED) is 0.596. The molecule has 0 saturated heterocycles. The highest BCUT2D eigenvalue weighted by molar-refractivity contribution is 6.31. The van der Waals surface area contributed by atoms with Crippen LogP contribution in [0.25, 0.3) is 0 Å². The maximum atomic E-state index is 6.24. The van der Waals surface area contributed by atoms with Crippen LogP contribution in [0.5, 0.6) is 0 Å². The Labute approximate surface area is 133 Å². The van der Waals surface area contributed by atoms with E-state index in [0.717, 1.165) is 16.3 Å². The topological polar surface area (TPSA) is 12.0 Å². The van der Waals surface area contributed by atoms with Crippen LogP contribution in [-0.2, 0) is 6.42 Å². The van der Waals surface area contributed by atoms with Gasteiger partial charge in [-0.25, -0.2) is 0 Å². The van der Waals surface area contributed by atoms with Crippen LogP contribution in [-0.4, -0.2) is 0 Å². The van der Waals surface area contributed by atoms with E-state index in [4.69, 9.17) is 11.6 Å². The van der Waals surface area contributed by atoms with E-state index in [1.807, 2.05) is 18.2 Å². The average molecular weight is 302 g/mol. The van der Waals surface area contributed by atoms with Gasteiger partial charge in [0.05, 0.1) is 0 Å². The van der Waals surface area contributed by atoms with Crippen LogP contribution in [0.15, 0.2) is 48.5 Å². The lowest BCUT2D eigenvalue weighted by Gasteiger charge is -2.17. The molecule has 0 bridgehead atoms. The van der Waals surface area contributed by atoms with Crippen LogP contribution >= 0.6 is 11.6 Å². The minimum absolute atomic E-state index is 0.199. The van der Waals surface area contributed by atoms with Crippen molar-refractivity contribution in [3.8, 4) is 0 Å². The summed E-state index contributed by atoms with van der Waals surface area (Å²) in [5, 5.41) is 4.32. The van der Waals surface area contributed by atoms with E-state index in [1.54, 1.807) is 0 Å². The Bertz CT molecular complexity index is 548. The summed E-state index contributed by atoms with van der Waals surface area (Å²) in [7, 11) is 0. The molecular weight excluding hydrogens is 278 g/mol. The number of nitrogens with one attached hydrogen (secondary N) is 1. The minimum atomic E-state index is 0.199. The second kappa shape index (κ2) is 8.09. The van der Waals surface area contributed by atoms with Gasteiger partial charge in [0.15, 0.2) is 0 Å². The molecule has 0 fully saturated rings.